The fraction of sp³-hybridized carbons (Fsp3) is 0.542. The summed E-state index contributed by atoms with van der Waals surface area (Å²) in [5, 5.41) is 3.16. The topological polar surface area (TPSA) is 69.7 Å². The molecule has 0 aromatic heterocycles. The van der Waals surface area contributed by atoms with Gasteiger partial charge >= 0.3 is 0 Å². The van der Waals surface area contributed by atoms with Gasteiger partial charge in [0.15, 0.2) is 0 Å². The predicted molar refractivity (Wildman–Crippen MR) is 120 cm³/mol. The first-order valence-electron chi connectivity index (χ1n) is 11.1. The molecular weight excluding hydrogens is 378 g/mol. The Morgan fingerprint density at radius 1 is 0.900 bits per heavy atom. The van der Waals surface area contributed by atoms with E-state index >= 15 is 0 Å². The van der Waals surface area contributed by atoms with Crippen molar-refractivity contribution in [2.24, 2.45) is 11.8 Å². The van der Waals surface area contributed by atoms with Gasteiger partial charge in [-0.3, -0.25) is 14.4 Å². The lowest BCUT2D eigenvalue weighted by atomic mass is 9.97. The molecule has 2 aromatic carbocycles. The van der Waals surface area contributed by atoms with Crippen molar-refractivity contribution in [2.75, 3.05) is 36.4 Å². The van der Waals surface area contributed by atoms with Crippen molar-refractivity contribution in [1.29, 1.82) is 0 Å². The monoisotopic (exact) mass is 409 g/mol. The van der Waals surface area contributed by atoms with Crippen LogP contribution in [0.25, 0.3) is 0 Å². The zero-order valence-electron chi connectivity index (χ0n) is 17.9. The molecule has 2 aliphatic heterocycles. The molecule has 0 unspecified atom stereocenters. The number of nitrogens with zero attached hydrogens (tertiary/aromatic N) is 2. The van der Waals surface area contributed by atoms with Crippen molar-refractivity contribution in [3.8, 4) is 0 Å². The molecule has 0 spiro atoms. The minimum atomic E-state index is -0.422. The van der Waals surface area contributed by atoms with Crippen LogP contribution in [0.4, 0.5) is 11.4 Å². The van der Waals surface area contributed by atoms with Gasteiger partial charge in [-0.1, -0.05) is 26.0 Å². The summed E-state index contributed by atoms with van der Waals surface area (Å²) in [6.45, 7) is 8.21. The largest absolute Gasteiger partial charge is 0.376 e. The van der Waals surface area contributed by atoms with Crippen LogP contribution in [0.15, 0.2) is 33.9 Å². The van der Waals surface area contributed by atoms with Crippen LogP contribution >= 0.6 is 0 Å². The third-order valence-electron chi connectivity index (χ3n) is 6.73. The number of hydrogen-bond acceptors (Lipinski definition) is 5. The van der Waals surface area contributed by atoms with Crippen molar-refractivity contribution in [2.45, 2.75) is 46.1 Å². The molecule has 2 aromatic rings. The average molecular weight is 410 g/mol. The van der Waals surface area contributed by atoms with Gasteiger partial charge in [0.1, 0.15) is 11.4 Å². The minimum Gasteiger partial charge on any atom is -0.376 e. The van der Waals surface area contributed by atoms with E-state index in [1.807, 2.05) is 34.1 Å². The van der Waals surface area contributed by atoms with Gasteiger partial charge in [0.05, 0.1) is 0 Å². The van der Waals surface area contributed by atoms with Crippen molar-refractivity contribution in [1.82, 2.24) is 4.90 Å². The highest BCUT2D eigenvalue weighted by molar-refractivity contribution is 5.94. The molecule has 0 saturated carbocycles. The third-order valence-corrected chi connectivity index (χ3v) is 6.73. The lowest BCUT2D eigenvalue weighted by Crippen LogP contribution is -2.45. The van der Waals surface area contributed by atoms with E-state index in [9.17, 15) is 14.4 Å². The standard InChI is InChI=1S/C24H31N3O3/c1-16-7-11-26(12-8-16)21-20(22(28)23(21)29)25-15-18-3-5-19(6-4-18)24(30)27-13-9-17(2)10-14-27/h3-6,16-17,25H,7-15H2,1-2H3. The maximum Gasteiger partial charge on any atom is 0.253 e. The van der Waals surface area contributed by atoms with Gasteiger partial charge in [0.25, 0.3) is 16.8 Å². The van der Waals surface area contributed by atoms with Gasteiger partial charge in [0, 0.05) is 38.3 Å². The van der Waals surface area contributed by atoms with E-state index in [0.717, 1.165) is 57.4 Å². The van der Waals surface area contributed by atoms with Crippen LogP contribution in [-0.4, -0.2) is 37.0 Å². The van der Waals surface area contributed by atoms with Gasteiger partial charge in [-0.25, -0.2) is 0 Å². The number of amides is 1. The first kappa shape index (κ1) is 20.6. The number of benzene rings is 1. The Kier molecular flexibility index (Phi) is 5.93. The van der Waals surface area contributed by atoms with Crippen molar-refractivity contribution >= 4 is 17.3 Å². The number of likely N-dealkylation sites (tertiary alicyclic amines) is 1. The minimum absolute atomic E-state index is 0.0884. The summed E-state index contributed by atoms with van der Waals surface area (Å²) in [4.78, 5) is 40.9. The molecule has 2 fully saturated rings. The molecule has 1 amide bonds. The highest BCUT2D eigenvalue weighted by Crippen LogP contribution is 2.26. The van der Waals surface area contributed by atoms with Crippen molar-refractivity contribution < 1.29 is 4.79 Å². The molecule has 0 radical (unpaired) electrons. The highest BCUT2D eigenvalue weighted by atomic mass is 16.2. The molecule has 0 bridgehead atoms. The van der Waals surface area contributed by atoms with Crippen LogP contribution in [0, 0.1) is 11.8 Å². The van der Waals surface area contributed by atoms with Gasteiger partial charge in [-0.2, -0.15) is 0 Å². The molecular formula is C24H31N3O3. The van der Waals surface area contributed by atoms with Crippen LogP contribution in [0.5, 0.6) is 0 Å². The summed E-state index contributed by atoms with van der Waals surface area (Å²) in [5.41, 5.74) is 1.88. The molecule has 2 aliphatic rings. The molecule has 2 heterocycles. The van der Waals surface area contributed by atoms with Gasteiger partial charge < -0.3 is 15.1 Å². The van der Waals surface area contributed by atoms with E-state index in [1.165, 1.54) is 0 Å². The second-order valence-corrected chi connectivity index (χ2v) is 9.08. The van der Waals surface area contributed by atoms with Crippen LogP contribution in [0.1, 0.15) is 55.5 Å². The first-order chi connectivity index (χ1) is 14.4. The Labute approximate surface area is 177 Å². The summed E-state index contributed by atoms with van der Waals surface area (Å²) in [7, 11) is 0. The zero-order valence-corrected chi connectivity index (χ0v) is 17.9. The quantitative estimate of drug-likeness (QED) is 0.769. The maximum atomic E-state index is 12.7. The van der Waals surface area contributed by atoms with Gasteiger partial charge in [-0.05, 0) is 55.2 Å². The van der Waals surface area contributed by atoms with Crippen molar-refractivity contribution in [3.05, 3.63) is 55.8 Å². The molecule has 6 nitrogen and oxygen atoms in total. The Hall–Kier alpha value is -2.63. The van der Waals surface area contributed by atoms with E-state index in [4.69, 9.17) is 0 Å². The van der Waals surface area contributed by atoms with E-state index in [1.54, 1.807) is 0 Å². The summed E-state index contributed by atoms with van der Waals surface area (Å²) in [5.74, 6) is 1.44. The zero-order chi connectivity index (χ0) is 21.3. The number of anilines is 2. The fourth-order valence-electron chi connectivity index (χ4n) is 4.43. The number of nitrogens with one attached hydrogen (secondary N) is 1. The smallest absolute Gasteiger partial charge is 0.253 e. The van der Waals surface area contributed by atoms with E-state index in [0.29, 0.717) is 35.3 Å². The average Bonchev–Trinajstić information content (AvgIpc) is 2.77. The van der Waals surface area contributed by atoms with E-state index < -0.39 is 5.43 Å². The van der Waals surface area contributed by atoms with Crippen LogP contribution < -0.4 is 21.1 Å². The summed E-state index contributed by atoms with van der Waals surface area (Å²) >= 11 is 0. The van der Waals surface area contributed by atoms with E-state index in [2.05, 4.69) is 19.2 Å². The normalized spacial score (nSPS) is 18.7. The lowest BCUT2D eigenvalue weighted by Gasteiger charge is -2.33. The third kappa shape index (κ3) is 4.13. The lowest BCUT2D eigenvalue weighted by molar-refractivity contribution is 0.0697. The molecule has 0 aliphatic carbocycles. The Bertz CT molecular complexity index is 959. The predicted octanol–water partition coefficient (Wildman–Crippen LogP) is 3.00. The fourth-order valence-corrected chi connectivity index (χ4v) is 4.43. The number of rotatable bonds is 5. The summed E-state index contributed by atoms with van der Waals surface area (Å²) in [6.07, 6.45) is 4.22. The molecule has 160 valence electrons. The first-order valence-corrected chi connectivity index (χ1v) is 11.1. The van der Waals surface area contributed by atoms with Crippen LogP contribution in [0.2, 0.25) is 0 Å². The maximum absolute atomic E-state index is 12.7. The second-order valence-electron chi connectivity index (χ2n) is 9.08. The molecule has 30 heavy (non-hydrogen) atoms. The van der Waals surface area contributed by atoms with Crippen LogP contribution in [0.3, 0.4) is 0 Å². The Morgan fingerprint density at radius 2 is 1.47 bits per heavy atom. The van der Waals surface area contributed by atoms with Crippen molar-refractivity contribution in [3.63, 3.8) is 0 Å². The SMILES string of the molecule is CC1CCN(C(=O)c2ccc(CNc3c(N4CCC(C)CC4)c(=O)c3=O)cc2)CC1. The molecule has 6 heteroatoms. The number of piperidine rings is 2. The molecule has 1 N–H and O–H groups in total. The Balaban J connectivity index is 1.37. The number of carbonyl (C=O) groups is 1. The van der Waals surface area contributed by atoms with Crippen LogP contribution in [-0.2, 0) is 6.54 Å². The molecule has 4 rings (SSSR count). The van der Waals surface area contributed by atoms with Gasteiger partial charge in [0.2, 0.25) is 0 Å². The summed E-state index contributed by atoms with van der Waals surface area (Å²) in [6, 6.07) is 7.54. The van der Waals surface area contributed by atoms with E-state index in [-0.39, 0.29) is 11.3 Å². The summed E-state index contributed by atoms with van der Waals surface area (Å²) < 4.78 is 0. The highest BCUT2D eigenvalue weighted by Gasteiger charge is 2.28. The number of carbonyl (C=O) groups excluding carboxylic acids is 1. The molecule has 2 saturated heterocycles. The molecule has 0 atom stereocenters. The Morgan fingerprint density at radius 3 is 2.07 bits per heavy atom. The second kappa shape index (κ2) is 8.62. The van der Waals surface area contributed by atoms with Gasteiger partial charge in [-0.15, -0.1) is 0 Å². The number of hydrogen-bond donors (Lipinski definition) is 1.